The molecule has 6 heteroatoms. The summed E-state index contributed by atoms with van der Waals surface area (Å²) in [5, 5.41) is 5.03. The molecule has 3 heterocycles. The summed E-state index contributed by atoms with van der Waals surface area (Å²) in [5.41, 5.74) is 5.23. The van der Waals surface area contributed by atoms with Crippen LogP contribution < -0.4 is 5.19 Å². The largest absolute Gasteiger partial charge is 0.305 e. The first-order valence-electron chi connectivity index (χ1n) is 21.1. The Morgan fingerprint density at radius 3 is 2.35 bits per heavy atom. The van der Waals surface area contributed by atoms with Crippen LogP contribution in [-0.2, 0) is 25.5 Å². The number of thiophene rings is 1. The topological polar surface area (TPSA) is 25.8 Å². The predicted molar refractivity (Wildman–Crippen MR) is 231 cm³/mol. The summed E-state index contributed by atoms with van der Waals surface area (Å²) in [5.74, 6) is 0.146. The molecular weight excluding hydrogens is 888 g/mol. The van der Waals surface area contributed by atoms with E-state index in [1.165, 1.54) is 64.6 Å². The smallest absolute Gasteiger partial charge is 0.131 e. The van der Waals surface area contributed by atoms with Gasteiger partial charge in [0.25, 0.3) is 0 Å². The van der Waals surface area contributed by atoms with Crippen LogP contribution in [0.5, 0.6) is 0 Å². The van der Waals surface area contributed by atoms with Gasteiger partial charge < -0.3 is 9.97 Å². The fraction of sp³-hybridized carbons (Fsp3) is 0.224. The molecule has 279 valence electrons. The van der Waals surface area contributed by atoms with Crippen molar-refractivity contribution in [3.63, 3.8) is 0 Å². The Kier molecular flexibility index (Phi) is 9.58. The van der Waals surface area contributed by atoms with Gasteiger partial charge >= 0.3 is 0 Å². The van der Waals surface area contributed by atoms with E-state index < -0.39 is 32.0 Å². The molecule has 0 aliphatic heterocycles. The molecule has 0 bridgehead atoms. The van der Waals surface area contributed by atoms with Crippen LogP contribution >= 0.6 is 11.3 Å². The van der Waals surface area contributed by atoms with Crippen LogP contribution in [0, 0.1) is 23.9 Å². The van der Waals surface area contributed by atoms with Crippen LogP contribution in [-0.4, -0.2) is 18.0 Å². The average Bonchev–Trinajstić information content (AvgIpc) is 3.92. The molecule has 3 aromatic heterocycles. The van der Waals surface area contributed by atoms with Crippen molar-refractivity contribution in [1.29, 1.82) is 0 Å². The van der Waals surface area contributed by atoms with E-state index in [0.717, 1.165) is 32.6 Å². The van der Waals surface area contributed by atoms with E-state index in [1.54, 1.807) is 6.07 Å². The molecule has 5 aromatic carbocycles. The van der Waals surface area contributed by atoms with Crippen LogP contribution in [0.4, 0.5) is 4.39 Å². The summed E-state index contributed by atoms with van der Waals surface area (Å²) in [7, 11) is -1.28. The molecule has 1 fully saturated rings. The molecule has 9 rings (SSSR count). The van der Waals surface area contributed by atoms with Gasteiger partial charge in [0.05, 0.1) is 14.9 Å². The molecule has 0 spiro atoms. The molecule has 0 N–H and O–H groups in total. The maximum Gasteiger partial charge on any atom is 0.131 e. The van der Waals surface area contributed by atoms with Gasteiger partial charge in [0.15, 0.2) is 0 Å². The van der Waals surface area contributed by atoms with Crippen molar-refractivity contribution in [3.8, 4) is 33.6 Å². The summed E-state index contributed by atoms with van der Waals surface area (Å²) in [6.45, 7) is 11.6. The predicted octanol–water partition coefficient (Wildman–Crippen LogP) is 13.4. The van der Waals surface area contributed by atoms with Gasteiger partial charge in [0.2, 0.25) is 0 Å². The Morgan fingerprint density at radius 2 is 1.60 bits per heavy atom. The van der Waals surface area contributed by atoms with Gasteiger partial charge in [-0.1, -0.05) is 130 Å². The zero-order valence-electron chi connectivity index (χ0n) is 36.7. The van der Waals surface area contributed by atoms with Crippen molar-refractivity contribution in [2.75, 3.05) is 0 Å². The van der Waals surface area contributed by atoms with Gasteiger partial charge in [-0.05, 0) is 80.3 Å². The monoisotopic (exact) mass is 938 g/mol. The third-order valence-corrected chi connectivity index (χ3v) is 14.1. The fourth-order valence-corrected chi connectivity index (χ4v) is 9.86. The molecule has 0 saturated heterocycles. The maximum atomic E-state index is 15.7. The minimum Gasteiger partial charge on any atom is -0.305 e. The van der Waals surface area contributed by atoms with E-state index in [0.29, 0.717) is 16.0 Å². The molecule has 2 nitrogen and oxygen atoms in total. The van der Waals surface area contributed by atoms with Crippen LogP contribution in [0.25, 0.3) is 64.6 Å². The number of rotatable bonds is 6. The Balaban J connectivity index is 0.000000218. The van der Waals surface area contributed by atoms with Gasteiger partial charge in [0, 0.05) is 42.6 Å². The minimum atomic E-state index is -1.28. The van der Waals surface area contributed by atoms with Crippen molar-refractivity contribution in [2.45, 2.75) is 64.6 Å². The first kappa shape index (κ1) is 32.9. The van der Waals surface area contributed by atoms with E-state index in [1.807, 2.05) is 30.6 Å². The second-order valence-corrected chi connectivity index (χ2v) is 22.0. The fourth-order valence-electron chi connectivity index (χ4n) is 7.71. The van der Waals surface area contributed by atoms with Gasteiger partial charge in [-0.3, -0.25) is 0 Å². The normalized spacial score (nSPS) is 14.8. The van der Waals surface area contributed by atoms with Crippen LogP contribution in [0.2, 0.25) is 19.6 Å². The first-order valence-corrected chi connectivity index (χ1v) is 22.9. The van der Waals surface area contributed by atoms with E-state index in [2.05, 4.69) is 110 Å². The summed E-state index contributed by atoms with van der Waals surface area (Å²) in [6.07, 6.45) is 8.94. The molecule has 1 aliphatic carbocycles. The molecular formula is C49H45FIrN2SSi-2. The number of benzene rings is 5. The molecule has 8 aromatic rings. The van der Waals surface area contributed by atoms with E-state index >= 15 is 4.39 Å². The van der Waals surface area contributed by atoms with Crippen molar-refractivity contribution < 1.29 is 31.3 Å². The van der Waals surface area contributed by atoms with Gasteiger partial charge in [-0.25, -0.2) is 4.39 Å². The minimum absolute atomic E-state index is 0. The summed E-state index contributed by atoms with van der Waals surface area (Å²) in [4.78, 5) is 9.30. The Hall–Kier alpha value is -4.32. The molecule has 0 unspecified atom stereocenters. The second-order valence-electron chi connectivity index (χ2n) is 15.8. The number of aromatic nitrogens is 2. The summed E-state index contributed by atoms with van der Waals surface area (Å²) >= 11 is 1.39. The van der Waals surface area contributed by atoms with Gasteiger partial charge in [0.1, 0.15) is 5.82 Å². The number of hydrogen-bond acceptors (Lipinski definition) is 3. The standard InChI is InChI=1S/C31H27FNS.C18H18NSi.Ir/c1-31(2,23-10-6-7-11-23)24-14-15-33-27(19-24)21-12-13-28-25(16-21)30-26(32)17-22(18-29(30)34-28)20-8-4-3-5-9-20;1-20(2,3)15-11-12-18(19-13-15)17-10-6-8-14-7-4-5-9-16(14)17;/h3-5,8-9,13-19,23H,6-7,10-11H2,1-2H3;4-9,11-13H,1-3H3;/q2*-1;/i3D,4D,5D,8D,9D;;. The average molecular weight is 938 g/mol. The first-order chi connectivity index (χ1) is 28.1. The molecule has 1 aliphatic rings. The maximum absolute atomic E-state index is 15.7. The van der Waals surface area contributed by atoms with Crippen molar-refractivity contribution in [3.05, 3.63) is 151 Å². The van der Waals surface area contributed by atoms with E-state index in [9.17, 15) is 0 Å². The summed E-state index contributed by atoms with van der Waals surface area (Å²) < 4.78 is 57.6. The van der Waals surface area contributed by atoms with Crippen LogP contribution in [0.3, 0.4) is 0 Å². The van der Waals surface area contributed by atoms with E-state index in [-0.39, 0.29) is 48.7 Å². The zero-order valence-corrected chi connectivity index (χ0v) is 35.9. The third kappa shape index (κ3) is 8.02. The van der Waals surface area contributed by atoms with Gasteiger partial charge in [-0.2, -0.15) is 11.3 Å². The Morgan fingerprint density at radius 1 is 0.818 bits per heavy atom. The number of hydrogen-bond donors (Lipinski definition) is 0. The second kappa shape index (κ2) is 16.0. The Labute approximate surface area is 350 Å². The number of nitrogens with zero attached hydrogens (tertiary/aromatic N) is 2. The SMILES string of the molecule is C[Si](C)(C)c1ccc(-c2[c-]ccc3ccccc23)nc1.[2H]c1c([2H])c([2H])c(-c2cc(F)c3c(c2)sc2c[c-]c(-c4cc(C(C)(C)C5CCCC5)ccn4)cc23)c([2H])c1[2H].[Ir]. The molecule has 55 heavy (non-hydrogen) atoms. The third-order valence-electron chi connectivity index (χ3n) is 11.0. The van der Waals surface area contributed by atoms with Crippen molar-refractivity contribution in [1.82, 2.24) is 9.97 Å². The molecule has 0 atom stereocenters. The van der Waals surface area contributed by atoms with E-state index in [4.69, 9.17) is 6.85 Å². The number of fused-ring (bicyclic) bond motifs is 4. The van der Waals surface area contributed by atoms with Crippen molar-refractivity contribution in [2.24, 2.45) is 5.92 Å². The molecule has 1 radical (unpaired) electrons. The van der Waals surface area contributed by atoms with Crippen LogP contribution in [0.15, 0.2) is 128 Å². The van der Waals surface area contributed by atoms with Crippen LogP contribution in [0.1, 0.15) is 51.9 Å². The Bertz CT molecular complexity index is 2850. The molecule has 0 amide bonds. The van der Waals surface area contributed by atoms with Gasteiger partial charge in [-0.15, -0.1) is 52.9 Å². The zero-order chi connectivity index (χ0) is 41.8. The van der Waals surface area contributed by atoms with Crippen molar-refractivity contribution >= 4 is 55.5 Å². The quantitative estimate of drug-likeness (QED) is 0.123. The molecule has 1 saturated carbocycles. The summed E-state index contributed by atoms with van der Waals surface area (Å²) in [6, 6.07) is 32.5. The number of pyridine rings is 2. The number of halogens is 1.